The number of nitrogens with zero attached hydrogens (tertiary/aromatic N) is 6. The van der Waals surface area contributed by atoms with Gasteiger partial charge in [0.15, 0.2) is 0 Å². The highest BCUT2D eigenvalue weighted by Gasteiger charge is 2.34. The summed E-state index contributed by atoms with van der Waals surface area (Å²) in [6, 6.07) is 7.01. The highest BCUT2D eigenvalue weighted by Crippen LogP contribution is 2.24. The van der Waals surface area contributed by atoms with Crippen molar-refractivity contribution in [2.75, 3.05) is 45.3 Å². The highest BCUT2D eigenvalue weighted by molar-refractivity contribution is 5.86. The van der Waals surface area contributed by atoms with Gasteiger partial charge in [-0.3, -0.25) is 14.2 Å². The van der Waals surface area contributed by atoms with Crippen LogP contribution in [0.4, 0.5) is 5.82 Å². The molecule has 38 heavy (non-hydrogen) atoms. The summed E-state index contributed by atoms with van der Waals surface area (Å²) in [6.07, 6.45) is 7.43. The number of aromatic nitrogens is 4. The molecule has 202 valence electrons. The van der Waals surface area contributed by atoms with Gasteiger partial charge in [-0.2, -0.15) is 4.98 Å². The Bertz CT molecular complexity index is 1230. The fraction of sp³-hybridized carbons (Fsp3) is 0.444. The number of ether oxygens (including phenoxy) is 2. The monoisotopic (exact) mass is 521 g/mol. The zero-order valence-corrected chi connectivity index (χ0v) is 22.4. The van der Waals surface area contributed by atoms with Crippen LogP contribution in [0.2, 0.25) is 0 Å². The van der Waals surface area contributed by atoms with E-state index >= 15 is 0 Å². The molecule has 11 nitrogen and oxygen atoms in total. The predicted octanol–water partition coefficient (Wildman–Crippen LogP) is 2.03. The molecule has 11 heteroatoms. The first-order chi connectivity index (χ1) is 18.4. The summed E-state index contributed by atoms with van der Waals surface area (Å²) >= 11 is 0. The van der Waals surface area contributed by atoms with Gasteiger partial charge in [-0.25, -0.2) is 9.97 Å². The van der Waals surface area contributed by atoms with Crippen LogP contribution in [0.25, 0.3) is 5.95 Å². The molecular formula is C27H35N7O4. The van der Waals surface area contributed by atoms with Gasteiger partial charge >= 0.3 is 0 Å². The van der Waals surface area contributed by atoms with E-state index in [-0.39, 0.29) is 18.4 Å². The van der Waals surface area contributed by atoms with Gasteiger partial charge in [0, 0.05) is 56.8 Å². The Balaban J connectivity index is 1.55. The van der Waals surface area contributed by atoms with E-state index in [4.69, 9.17) is 14.5 Å². The summed E-state index contributed by atoms with van der Waals surface area (Å²) in [4.78, 5) is 43.0. The molecule has 1 atom stereocenters. The second kappa shape index (κ2) is 12.4. The molecule has 0 bridgehead atoms. The summed E-state index contributed by atoms with van der Waals surface area (Å²) in [7, 11) is 3.21. The molecule has 0 spiro atoms. The lowest BCUT2D eigenvalue weighted by Gasteiger charge is -2.41. The number of piperazine rings is 1. The Hall–Kier alpha value is -4.15. The molecule has 4 rings (SSSR count). The first-order valence-corrected chi connectivity index (χ1v) is 12.8. The third-order valence-corrected chi connectivity index (χ3v) is 6.54. The third kappa shape index (κ3) is 6.39. The molecular weight excluding hydrogens is 486 g/mol. The number of nitrogens with one attached hydrogen (secondary N) is 1. The Morgan fingerprint density at radius 3 is 2.45 bits per heavy atom. The van der Waals surface area contributed by atoms with Gasteiger partial charge in [-0.05, 0) is 30.5 Å². The molecule has 1 saturated heterocycles. The second-order valence-electron chi connectivity index (χ2n) is 9.17. The zero-order valence-electron chi connectivity index (χ0n) is 22.4. The SMILES string of the molecule is CCCc1cc(N2CCN(C(C)=O)CC2C(=O)NCCc2cc(OC)cc(OC)c2)nc(-n2ccnc2)n1. The average Bonchev–Trinajstić information content (AvgIpc) is 3.47. The number of hydrogen-bond donors (Lipinski definition) is 1. The van der Waals surface area contributed by atoms with Crippen LogP contribution < -0.4 is 19.7 Å². The third-order valence-electron chi connectivity index (χ3n) is 6.54. The lowest BCUT2D eigenvalue weighted by molar-refractivity contribution is -0.131. The topological polar surface area (TPSA) is 115 Å². The highest BCUT2D eigenvalue weighted by atomic mass is 16.5. The Kier molecular flexibility index (Phi) is 8.77. The maximum Gasteiger partial charge on any atom is 0.244 e. The fourth-order valence-electron chi connectivity index (χ4n) is 4.52. The van der Waals surface area contributed by atoms with Gasteiger partial charge < -0.3 is 24.6 Å². The smallest absolute Gasteiger partial charge is 0.244 e. The minimum absolute atomic E-state index is 0.0561. The minimum Gasteiger partial charge on any atom is -0.497 e. The molecule has 1 unspecified atom stereocenters. The van der Waals surface area contributed by atoms with Crippen molar-refractivity contribution in [2.24, 2.45) is 0 Å². The zero-order chi connectivity index (χ0) is 27.1. The molecule has 0 aliphatic carbocycles. The van der Waals surface area contributed by atoms with Gasteiger partial charge in [-0.15, -0.1) is 0 Å². The molecule has 1 aromatic carbocycles. The van der Waals surface area contributed by atoms with Gasteiger partial charge in [0.1, 0.15) is 29.7 Å². The average molecular weight is 522 g/mol. The van der Waals surface area contributed by atoms with Crippen molar-refractivity contribution < 1.29 is 19.1 Å². The lowest BCUT2D eigenvalue weighted by Crippen LogP contribution is -2.60. The maximum absolute atomic E-state index is 13.5. The number of benzene rings is 1. The Morgan fingerprint density at radius 1 is 1.05 bits per heavy atom. The number of amides is 2. The van der Waals surface area contributed by atoms with Crippen molar-refractivity contribution in [3.63, 3.8) is 0 Å². The van der Waals surface area contributed by atoms with Crippen LogP contribution in [-0.2, 0) is 22.4 Å². The van der Waals surface area contributed by atoms with E-state index in [0.29, 0.717) is 49.3 Å². The molecule has 3 aromatic rings. The summed E-state index contributed by atoms with van der Waals surface area (Å²) < 4.78 is 12.5. The van der Waals surface area contributed by atoms with Crippen molar-refractivity contribution in [1.29, 1.82) is 0 Å². The number of methoxy groups -OCH3 is 2. The molecule has 0 radical (unpaired) electrons. The van der Waals surface area contributed by atoms with E-state index in [1.165, 1.54) is 6.92 Å². The molecule has 3 heterocycles. The summed E-state index contributed by atoms with van der Waals surface area (Å²) in [5, 5.41) is 3.06. The van der Waals surface area contributed by atoms with Gasteiger partial charge in [0.2, 0.25) is 17.8 Å². The van der Waals surface area contributed by atoms with Crippen molar-refractivity contribution in [2.45, 2.75) is 39.2 Å². The van der Waals surface area contributed by atoms with Crippen LogP contribution in [-0.4, -0.2) is 82.7 Å². The van der Waals surface area contributed by atoms with Crippen LogP contribution in [0.1, 0.15) is 31.5 Å². The molecule has 1 N–H and O–H groups in total. The maximum atomic E-state index is 13.5. The van der Waals surface area contributed by atoms with Crippen molar-refractivity contribution in [1.82, 2.24) is 29.7 Å². The summed E-state index contributed by atoms with van der Waals surface area (Å²) in [5.41, 5.74) is 1.87. The van der Waals surface area contributed by atoms with Crippen LogP contribution >= 0.6 is 0 Å². The van der Waals surface area contributed by atoms with E-state index in [1.807, 2.05) is 29.2 Å². The van der Waals surface area contributed by atoms with Gasteiger partial charge in [0.05, 0.1) is 20.8 Å². The van der Waals surface area contributed by atoms with E-state index in [2.05, 4.69) is 22.2 Å². The van der Waals surface area contributed by atoms with E-state index in [0.717, 1.165) is 24.1 Å². The number of anilines is 1. The first-order valence-electron chi connectivity index (χ1n) is 12.8. The van der Waals surface area contributed by atoms with Crippen LogP contribution in [0.3, 0.4) is 0 Å². The minimum atomic E-state index is -0.590. The quantitative estimate of drug-likeness (QED) is 0.431. The Labute approximate surface area is 222 Å². The number of imidazole rings is 1. The van der Waals surface area contributed by atoms with E-state index in [1.54, 1.807) is 42.4 Å². The van der Waals surface area contributed by atoms with Crippen LogP contribution in [0.15, 0.2) is 43.0 Å². The number of aryl methyl sites for hydroxylation is 1. The fourth-order valence-corrected chi connectivity index (χ4v) is 4.52. The van der Waals surface area contributed by atoms with Crippen molar-refractivity contribution in [3.8, 4) is 17.4 Å². The first kappa shape index (κ1) is 26.9. The van der Waals surface area contributed by atoms with Crippen molar-refractivity contribution in [3.05, 3.63) is 54.2 Å². The largest absolute Gasteiger partial charge is 0.497 e. The van der Waals surface area contributed by atoms with Crippen LogP contribution in [0.5, 0.6) is 11.5 Å². The number of rotatable bonds is 10. The number of hydrogen-bond acceptors (Lipinski definition) is 8. The molecule has 1 fully saturated rings. The molecule has 1 aliphatic heterocycles. The van der Waals surface area contributed by atoms with Gasteiger partial charge in [0.25, 0.3) is 0 Å². The predicted molar refractivity (Wildman–Crippen MR) is 143 cm³/mol. The normalized spacial score (nSPS) is 15.3. The van der Waals surface area contributed by atoms with Crippen molar-refractivity contribution >= 4 is 17.6 Å². The number of carbonyl (C=O) groups excluding carboxylic acids is 2. The molecule has 0 saturated carbocycles. The lowest BCUT2D eigenvalue weighted by atomic mass is 10.1. The molecule has 2 aromatic heterocycles. The molecule has 1 aliphatic rings. The second-order valence-corrected chi connectivity index (χ2v) is 9.17. The summed E-state index contributed by atoms with van der Waals surface area (Å²) in [6.45, 7) is 5.32. The van der Waals surface area contributed by atoms with E-state index < -0.39 is 6.04 Å². The summed E-state index contributed by atoms with van der Waals surface area (Å²) in [5.74, 6) is 2.34. The Morgan fingerprint density at radius 2 is 1.82 bits per heavy atom. The number of carbonyl (C=O) groups is 2. The van der Waals surface area contributed by atoms with Crippen LogP contribution in [0, 0.1) is 0 Å². The van der Waals surface area contributed by atoms with Gasteiger partial charge in [-0.1, -0.05) is 13.3 Å². The standard InChI is InChI=1S/C27H35N7O4/c1-5-6-21-15-25(31-27(30-21)33-10-9-28-18-33)34-12-11-32(19(2)35)17-24(34)26(36)29-8-7-20-13-22(37-3)16-23(14-20)38-4/h9-10,13-16,18,24H,5-8,11-12,17H2,1-4H3,(H,29,36). The molecule has 2 amide bonds. The van der Waals surface area contributed by atoms with E-state index in [9.17, 15) is 9.59 Å².